The summed E-state index contributed by atoms with van der Waals surface area (Å²) in [6, 6.07) is 1.66. The quantitative estimate of drug-likeness (QED) is 0.581. The molecule has 13 heteroatoms. The van der Waals surface area contributed by atoms with Crippen LogP contribution < -0.4 is 5.69 Å². The van der Waals surface area contributed by atoms with Gasteiger partial charge in [-0.1, -0.05) is 0 Å². The summed E-state index contributed by atoms with van der Waals surface area (Å²) in [5.41, 5.74) is -0.881. The van der Waals surface area contributed by atoms with Gasteiger partial charge in [-0.15, -0.1) is 5.10 Å². The van der Waals surface area contributed by atoms with Crippen LogP contribution in [0.4, 0.5) is 19.1 Å². The lowest BCUT2D eigenvalue weighted by molar-refractivity contribution is -0.402. The first-order chi connectivity index (χ1) is 12.6. The van der Waals surface area contributed by atoms with Crippen LogP contribution in [0.3, 0.4) is 0 Å². The van der Waals surface area contributed by atoms with E-state index in [-0.39, 0.29) is 31.7 Å². The number of carbonyl (C=O) groups excluding carboxylic acids is 1. The molecule has 0 aliphatic carbocycles. The summed E-state index contributed by atoms with van der Waals surface area (Å²) in [7, 11) is 0.997. The molecule has 146 valence electrons. The van der Waals surface area contributed by atoms with E-state index >= 15 is 0 Å². The molecule has 0 spiro atoms. The molecule has 1 aliphatic heterocycles. The second-order valence-electron chi connectivity index (χ2n) is 6.03. The maximum Gasteiger partial charge on any atom is 0.451 e. The van der Waals surface area contributed by atoms with E-state index in [9.17, 15) is 32.9 Å². The molecule has 27 heavy (non-hydrogen) atoms. The number of hydrogen-bond donors (Lipinski definition) is 0. The van der Waals surface area contributed by atoms with Crippen molar-refractivity contribution >= 4 is 11.8 Å². The standard InChI is InChI=1S/C14H14F3N5O5/c1-19-12(14(15,16)17)18-21(13(19)24)8-4-6-20(7-5-8)11(23)9-2-3-10(27-9)22(25)26/h2-3,8H,4-7H2,1H3. The molecule has 1 fully saturated rings. The molecular weight excluding hydrogens is 375 g/mol. The molecule has 1 amide bonds. The van der Waals surface area contributed by atoms with Crippen LogP contribution in [-0.2, 0) is 13.2 Å². The molecule has 3 heterocycles. The minimum Gasteiger partial charge on any atom is -0.395 e. The molecule has 2 aromatic rings. The van der Waals surface area contributed by atoms with Crippen molar-refractivity contribution in [1.82, 2.24) is 19.2 Å². The number of nitro groups is 1. The number of piperidine rings is 1. The Labute approximate surface area is 148 Å². The average molecular weight is 389 g/mol. The fourth-order valence-electron chi connectivity index (χ4n) is 2.95. The van der Waals surface area contributed by atoms with Gasteiger partial charge in [0, 0.05) is 20.1 Å². The first kappa shape index (κ1) is 18.7. The SMILES string of the molecule is Cn1c(C(F)(F)F)nn(C2CCN(C(=O)c3ccc([N+](=O)[O-])o3)CC2)c1=O. The molecule has 0 bridgehead atoms. The molecule has 0 aromatic carbocycles. The zero-order valence-corrected chi connectivity index (χ0v) is 14.0. The summed E-state index contributed by atoms with van der Waals surface area (Å²) in [5.74, 6) is -2.61. The van der Waals surface area contributed by atoms with Gasteiger partial charge in [-0.05, 0) is 18.9 Å². The van der Waals surface area contributed by atoms with E-state index < -0.39 is 40.4 Å². The van der Waals surface area contributed by atoms with Crippen molar-refractivity contribution in [2.75, 3.05) is 13.1 Å². The predicted molar refractivity (Wildman–Crippen MR) is 82.0 cm³/mol. The molecule has 0 saturated carbocycles. The summed E-state index contributed by atoms with van der Waals surface area (Å²) in [5, 5.41) is 14.0. The van der Waals surface area contributed by atoms with Gasteiger partial charge in [-0.2, -0.15) is 13.2 Å². The van der Waals surface area contributed by atoms with Gasteiger partial charge in [0.05, 0.1) is 12.1 Å². The fraction of sp³-hybridized carbons (Fsp3) is 0.500. The highest BCUT2D eigenvalue weighted by Crippen LogP contribution is 2.28. The van der Waals surface area contributed by atoms with Gasteiger partial charge < -0.3 is 9.32 Å². The second-order valence-corrected chi connectivity index (χ2v) is 6.03. The topological polar surface area (TPSA) is 116 Å². The Balaban J connectivity index is 1.71. The first-order valence-electron chi connectivity index (χ1n) is 7.86. The summed E-state index contributed by atoms with van der Waals surface area (Å²) in [6.45, 7) is 0.282. The number of hydrogen-bond acceptors (Lipinski definition) is 6. The van der Waals surface area contributed by atoms with Crippen molar-refractivity contribution in [1.29, 1.82) is 0 Å². The number of aromatic nitrogens is 3. The van der Waals surface area contributed by atoms with Gasteiger partial charge in [-0.25, -0.2) is 9.48 Å². The monoisotopic (exact) mass is 389 g/mol. The van der Waals surface area contributed by atoms with E-state index in [0.29, 0.717) is 4.57 Å². The highest BCUT2D eigenvalue weighted by molar-refractivity contribution is 5.91. The Hall–Kier alpha value is -3.12. The number of likely N-dealkylation sites (tertiary alicyclic amines) is 1. The molecule has 1 saturated heterocycles. The Morgan fingerprint density at radius 3 is 2.44 bits per heavy atom. The number of furan rings is 1. The lowest BCUT2D eigenvalue weighted by Gasteiger charge is -2.30. The van der Waals surface area contributed by atoms with Crippen LogP contribution in [0.2, 0.25) is 0 Å². The Morgan fingerprint density at radius 1 is 1.33 bits per heavy atom. The molecule has 0 atom stereocenters. The Bertz CT molecular complexity index is 936. The van der Waals surface area contributed by atoms with Crippen molar-refractivity contribution in [2.24, 2.45) is 7.05 Å². The van der Waals surface area contributed by atoms with Crippen LogP contribution in [0.5, 0.6) is 0 Å². The van der Waals surface area contributed by atoms with E-state index in [1.165, 1.54) is 11.0 Å². The third-order valence-electron chi connectivity index (χ3n) is 4.34. The van der Waals surface area contributed by atoms with Crippen LogP contribution in [0.1, 0.15) is 35.3 Å². The summed E-state index contributed by atoms with van der Waals surface area (Å²) >= 11 is 0. The highest BCUT2D eigenvalue weighted by atomic mass is 19.4. The van der Waals surface area contributed by atoms with E-state index in [1.807, 2.05) is 0 Å². The second kappa shape index (κ2) is 6.55. The van der Waals surface area contributed by atoms with Gasteiger partial charge in [0.15, 0.2) is 5.76 Å². The zero-order valence-electron chi connectivity index (χ0n) is 14.0. The average Bonchev–Trinajstić information content (AvgIpc) is 3.21. The van der Waals surface area contributed by atoms with Crippen LogP contribution in [0.25, 0.3) is 0 Å². The van der Waals surface area contributed by atoms with Gasteiger partial charge in [0.25, 0.3) is 5.91 Å². The van der Waals surface area contributed by atoms with Crippen molar-refractivity contribution < 1.29 is 27.3 Å². The maximum absolute atomic E-state index is 12.9. The predicted octanol–water partition coefficient (Wildman–Crippen LogP) is 1.58. The normalized spacial score (nSPS) is 15.9. The van der Waals surface area contributed by atoms with Gasteiger partial charge in [-0.3, -0.25) is 19.5 Å². The minimum atomic E-state index is -4.75. The molecule has 3 rings (SSSR count). The third kappa shape index (κ3) is 3.44. The van der Waals surface area contributed by atoms with Crippen molar-refractivity contribution in [3.63, 3.8) is 0 Å². The summed E-state index contributed by atoms with van der Waals surface area (Å²) < 4.78 is 44.7. The van der Waals surface area contributed by atoms with Crippen LogP contribution in [-0.4, -0.2) is 43.2 Å². The number of alkyl halides is 3. The summed E-state index contributed by atoms with van der Waals surface area (Å²) in [4.78, 5) is 35.6. The van der Waals surface area contributed by atoms with Crippen LogP contribution in [0, 0.1) is 10.1 Å². The number of carbonyl (C=O) groups is 1. The van der Waals surface area contributed by atoms with E-state index in [4.69, 9.17) is 4.42 Å². The molecule has 0 radical (unpaired) electrons. The first-order valence-corrected chi connectivity index (χ1v) is 7.86. The molecular formula is C14H14F3N5O5. The largest absolute Gasteiger partial charge is 0.451 e. The van der Waals surface area contributed by atoms with E-state index in [2.05, 4.69) is 5.10 Å². The molecule has 0 N–H and O–H groups in total. The van der Waals surface area contributed by atoms with Crippen molar-refractivity contribution in [2.45, 2.75) is 25.1 Å². The van der Waals surface area contributed by atoms with E-state index in [0.717, 1.165) is 17.8 Å². The number of halogens is 3. The van der Waals surface area contributed by atoms with E-state index in [1.54, 1.807) is 0 Å². The third-order valence-corrected chi connectivity index (χ3v) is 4.34. The number of amides is 1. The number of nitrogens with zero attached hydrogens (tertiary/aromatic N) is 5. The van der Waals surface area contributed by atoms with Gasteiger partial charge >= 0.3 is 17.8 Å². The van der Waals surface area contributed by atoms with Crippen molar-refractivity contribution in [3.8, 4) is 0 Å². The fourth-order valence-corrected chi connectivity index (χ4v) is 2.95. The highest BCUT2D eigenvalue weighted by Gasteiger charge is 2.39. The smallest absolute Gasteiger partial charge is 0.395 e. The number of rotatable bonds is 3. The molecule has 2 aromatic heterocycles. The Morgan fingerprint density at radius 2 is 1.96 bits per heavy atom. The lowest BCUT2D eigenvalue weighted by atomic mass is 10.1. The maximum atomic E-state index is 12.9. The minimum absolute atomic E-state index is 0.141. The molecule has 0 unspecified atom stereocenters. The van der Waals surface area contributed by atoms with Crippen molar-refractivity contribution in [3.05, 3.63) is 44.3 Å². The lowest BCUT2D eigenvalue weighted by Crippen LogP contribution is -2.41. The van der Waals surface area contributed by atoms with Crippen LogP contribution in [0.15, 0.2) is 21.3 Å². The zero-order chi connectivity index (χ0) is 19.9. The Kier molecular flexibility index (Phi) is 4.53. The molecule has 1 aliphatic rings. The summed E-state index contributed by atoms with van der Waals surface area (Å²) in [6.07, 6.45) is -4.32. The molecule has 10 nitrogen and oxygen atoms in total. The van der Waals surface area contributed by atoms with Gasteiger partial charge in [0.2, 0.25) is 5.82 Å². The van der Waals surface area contributed by atoms with Gasteiger partial charge in [0.1, 0.15) is 4.92 Å². The van der Waals surface area contributed by atoms with Crippen LogP contribution >= 0.6 is 0 Å².